The van der Waals surface area contributed by atoms with E-state index in [1.807, 2.05) is 18.2 Å². The first-order valence-corrected chi connectivity index (χ1v) is 12.6. The zero-order chi connectivity index (χ0) is 21.1. The molecule has 3 saturated carbocycles. The van der Waals surface area contributed by atoms with Gasteiger partial charge in [0.2, 0.25) is 0 Å². The fraction of sp³-hybridized carbons (Fsp3) is 0.593. The molecule has 0 bridgehead atoms. The highest BCUT2D eigenvalue weighted by Crippen LogP contribution is 2.67. The summed E-state index contributed by atoms with van der Waals surface area (Å²) in [5, 5.41) is 11.8. The van der Waals surface area contributed by atoms with Crippen LogP contribution in [-0.2, 0) is 4.79 Å². The first kappa shape index (κ1) is 20.8. The van der Waals surface area contributed by atoms with Gasteiger partial charge in [-0.3, -0.25) is 4.79 Å². The lowest BCUT2D eigenvalue weighted by molar-refractivity contribution is -0.119. The van der Waals surface area contributed by atoms with Gasteiger partial charge in [-0.15, -0.1) is 0 Å². The van der Waals surface area contributed by atoms with Crippen molar-refractivity contribution in [3.63, 3.8) is 0 Å². The highest BCUT2D eigenvalue weighted by molar-refractivity contribution is 14.1. The number of carbonyl (C=O) groups is 1. The van der Waals surface area contributed by atoms with Gasteiger partial charge in [0.05, 0.1) is 0 Å². The Hall–Kier alpha value is -1.12. The number of halogens is 1. The molecule has 3 heteroatoms. The number of carbonyl (C=O) groups excluding carboxylic acids is 1. The van der Waals surface area contributed by atoms with E-state index in [9.17, 15) is 9.90 Å². The SMILES string of the molecule is C[C@]12CCC(=O)C=C1CC[C@@H]1[C@@H]2CC[C@@]2(C)[C@H]1CC[C@@]2(O)C#Cc1ccc(I)cc1. The maximum atomic E-state index is 12.0. The smallest absolute Gasteiger partial charge is 0.155 e. The van der Waals surface area contributed by atoms with Crippen LogP contribution >= 0.6 is 22.6 Å². The second-order valence-corrected chi connectivity index (χ2v) is 11.8. The highest BCUT2D eigenvalue weighted by Gasteiger charge is 2.63. The first-order valence-electron chi connectivity index (χ1n) is 11.5. The number of aliphatic hydroxyl groups is 1. The first-order chi connectivity index (χ1) is 14.3. The molecule has 1 aromatic carbocycles. The highest BCUT2D eigenvalue weighted by atomic mass is 127. The summed E-state index contributed by atoms with van der Waals surface area (Å²) in [5.74, 6) is 8.79. The van der Waals surface area contributed by atoms with E-state index in [0.717, 1.165) is 44.1 Å². The van der Waals surface area contributed by atoms with Crippen molar-refractivity contribution in [2.24, 2.45) is 28.6 Å². The van der Waals surface area contributed by atoms with Crippen LogP contribution in [0.25, 0.3) is 0 Å². The van der Waals surface area contributed by atoms with Gasteiger partial charge in [0, 0.05) is 21.0 Å². The summed E-state index contributed by atoms with van der Waals surface area (Å²) in [6.07, 6.45) is 9.96. The largest absolute Gasteiger partial charge is 0.377 e. The molecule has 0 radical (unpaired) electrons. The van der Waals surface area contributed by atoms with Gasteiger partial charge in [0.25, 0.3) is 0 Å². The summed E-state index contributed by atoms with van der Waals surface area (Å²) in [6.45, 7) is 4.73. The third kappa shape index (κ3) is 3.05. The van der Waals surface area contributed by atoms with Crippen molar-refractivity contribution in [2.75, 3.05) is 0 Å². The quantitative estimate of drug-likeness (QED) is 0.346. The second kappa shape index (κ2) is 7.20. The average molecular weight is 514 g/mol. The average Bonchev–Trinajstić information content (AvgIpc) is 2.99. The molecule has 0 aliphatic heterocycles. The van der Waals surface area contributed by atoms with Crippen LogP contribution in [0.15, 0.2) is 35.9 Å². The molecule has 158 valence electrons. The molecule has 5 rings (SSSR count). The molecule has 3 fully saturated rings. The minimum atomic E-state index is -0.898. The predicted octanol–water partition coefficient (Wildman–Crippen LogP) is 5.91. The van der Waals surface area contributed by atoms with Crippen molar-refractivity contribution < 1.29 is 9.90 Å². The van der Waals surface area contributed by atoms with E-state index in [1.54, 1.807) is 0 Å². The summed E-state index contributed by atoms with van der Waals surface area (Å²) in [4.78, 5) is 12.0. The lowest BCUT2D eigenvalue weighted by Crippen LogP contribution is -2.54. The molecular formula is C27H31IO2. The number of ketones is 1. The molecule has 0 spiro atoms. The van der Waals surface area contributed by atoms with Crippen LogP contribution < -0.4 is 0 Å². The maximum absolute atomic E-state index is 12.0. The Bertz CT molecular complexity index is 967. The number of rotatable bonds is 0. The van der Waals surface area contributed by atoms with E-state index in [-0.39, 0.29) is 10.8 Å². The van der Waals surface area contributed by atoms with Crippen molar-refractivity contribution >= 4 is 28.4 Å². The number of hydrogen-bond acceptors (Lipinski definition) is 2. The van der Waals surface area contributed by atoms with Crippen LogP contribution in [0.5, 0.6) is 0 Å². The zero-order valence-corrected chi connectivity index (χ0v) is 20.2. The molecule has 0 amide bonds. The van der Waals surface area contributed by atoms with Gasteiger partial charge in [-0.1, -0.05) is 31.3 Å². The topological polar surface area (TPSA) is 37.3 Å². The molecule has 1 N–H and O–H groups in total. The lowest BCUT2D eigenvalue weighted by atomic mass is 9.46. The minimum absolute atomic E-state index is 0.133. The molecule has 0 heterocycles. The van der Waals surface area contributed by atoms with Gasteiger partial charge < -0.3 is 5.11 Å². The van der Waals surface area contributed by atoms with Crippen molar-refractivity contribution in [3.8, 4) is 11.8 Å². The molecule has 2 nitrogen and oxygen atoms in total. The van der Waals surface area contributed by atoms with Gasteiger partial charge in [-0.25, -0.2) is 0 Å². The Balaban J connectivity index is 1.44. The monoisotopic (exact) mass is 514 g/mol. The summed E-state index contributed by atoms with van der Waals surface area (Å²) in [6, 6.07) is 8.23. The van der Waals surface area contributed by atoms with Crippen molar-refractivity contribution in [3.05, 3.63) is 45.0 Å². The predicted molar refractivity (Wildman–Crippen MR) is 128 cm³/mol. The van der Waals surface area contributed by atoms with E-state index in [2.05, 4.69) is 60.4 Å². The summed E-state index contributed by atoms with van der Waals surface area (Å²) in [5.41, 5.74) is 1.55. The Morgan fingerprint density at radius 2 is 1.73 bits per heavy atom. The van der Waals surface area contributed by atoms with Crippen LogP contribution in [-0.4, -0.2) is 16.5 Å². The Morgan fingerprint density at radius 3 is 2.50 bits per heavy atom. The van der Waals surface area contributed by atoms with E-state index in [0.29, 0.717) is 30.0 Å². The third-order valence-corrected chi connectivity index (χ3v) is 10.1. The Labute approximate surface area is 194 Å². The molecule has 4 aliphatic rings. The van der Waals surface area contributed by atoms with Gasteiger partial charge in [-0.05, 0) is 121 Å². The van der Waals surface area contributed by atoms with E-state index < -0.39 is 5.60 Å². The third-order valence-electron chi connectivity index (χ3n) is 9.37. The lowest BCUT2D eigenvalue weighted by Gasteiger charge is -2.58. The molecule has 4 aliphatic carbocycles. The van der Waals surface area contributed by atoms with Crippen molar-refractivity contribution in [1.29, 1.82) is 0 Å². The summed E-state index contributed by atoms with van der Waals surface area (Å²) < 4.78 is 1.20. The van der Waals surface area contributed by atoms with Gasteiger partial charge >= 0.3 is 0 Å². The van der Waals surface area contributed by atoms with Crippen LogP contribution in [0.4, 0.5) is 0 Å². The number of allylic oxidation sites excluding steroid dienone is 1. The van der Waals surface area contributed by atoms with Crippen LogP contribution in [0.3, 0.4) is 0 Å². The van der Waals surface area contributed by atoms with Crippen LogP contribution in [0.1, 0.15) is 70.8 Å². The number of fused-ring (bicyclic) bond motifs is 5. The Kier molecular flexibility index (Phi) is 4.99. The molecule has 30 heavy (non-hydrogen) atoms. The van der Waals surface area contributed by atoms with Gasteiger partial charge in [0.1, 0.15) is 5.60 Å². The molecule has 0 saturated heterocycles. The van der Waals surface area contributed by atoms with Gasteiger partial charge in [-0.2, -0.15) is 0 Å². The molecule has 0 unspecified atom stereocenters. The molecule has 1 aromatic rings. The molecular weight excluding hydrogens is 483 g/mol. The second-order valence-electron chi connectivity index (χ2n) is 10.6. The van der Waals surface area contributed by atoms with Crippen LogP contribution in [0, 0.1) is 44.0 Å². The molecule has 0 aromatic heterocycles. The standard InChI is InChI=1S/C27H31IO2/c1-25-13-10-21(29)17-19(25)5-8-22-23(25)11-14-26(2)24(22)12-16-27(26,30)15-9-18-3-6-20(28)7-4-18/h3-4,6-7,17,22-24,30H,5,8,10-14,16H2,1-2H3/t22-,23+,24+,25+,26+,27+/m1/s1. The number of benzene rings is 1. The fourth-order valence-electron chi connectivity index (χ4n) is 7.49. The van der Waals surface area contributed by atoms with E-state index in [1.165, 1.54) is 15.6 Å². The van der Waals surface area contributed by atoms with Crippen LogP contribution in [0.2, 0.25) is 0 Å². The Morgan fingerprint density at radius 1 is 1.00 bits per heavy atom. The minimum Gasteiger partial charge on any atom is -0.377 e. The normalized spacial score (nSPS) is 42.3. The summed E-state index contributed by atoms with van der Waals surface area (Å²) >= 11 is 2.30. The fourth-order valence-corrected chi connectivity index (χ4v) is 7.85. The number of hydrogen-bond donors (Lipinski definition) is 1. The maximum Gasteiger partial charge on any atom is 0.155 e. The zero-order valence-electron chi connectivity index (χ0n) is 18.0. The van der Waals surface area contributed by atoms with E-state index in [4.69, 9.17) is 0 Å². The summed E-state index contributed by atoms with van der Waals surface area (Å²) in [7, 11) is 0. The van der Waals surface area contributed by atoms with Crippen molar-refractivity contribution in [2.45, 2.75) is 70.8 Å². The van der Waals surface area contributed by atoms with E-state index >= 15 is 0 Å². The van der Waals surface area contributed by atoms with Crippen molar-refractivity contribution in [1.82, 2.24) is 0 Å². The van der Waals surface area contributed by atoms with Gasteiger partial charge in [0.15, 0.2) is 5.78 Å². The molecule has 6 atom stereocenters.